The van der Waals surface area contributed by atoms with E-state index in [1.807, 2.05) is 18.7 Å². The number of fused-ring (bicyclic) bond motifs is 1. The van der Waals surface area contributed by atoms with E-state index in [9.17, 15) is 4.79 Å². The van der Waals surface area contributed by atoms with E-state index in [0.29, 0.717) is 12.5 Å². The van der Waals surface area contributed by atoms with Crippen LogP contribution in [0.1, 0.15) is 23.4 Å². The molecule has 2 N–H and O–H groups in total. The Bertz CT molecular complexity index is 423. The predicted molar refractivity (Wildman–Crippen MR) is 62.5 cm³/mol. The summed E-state index contributed by atoms with van der Waals surface area (Å²) in [6.45, 7) is 2.33. The van der Waals surface area contributed by atoms with Gasteiger partial charge in [-0.25, -0.2) is 9.97 Å². The van der Waals surface area contributed by atoms with Gasteiger partial charge in [0.2, 0.25) is 5.95 Å². The first-order valence-electron chi connectivity index (χ1n) is 5.06. The monoisotopic (exact) mass is 239 g/mol. The van der Waals surface area contributed by atoms with Gasteiger partial charge in [0.15, 0.2) is 0 Å². The van der Waals surface area contributed by atoms with Gasteiger partial charge >= 0.3 is 5.97 Å². The number of carboxylic acids is 1. The Morgan fingerprint density at radius 3 is 3.06 bits per heavy atom. The van der Waals surface area contributed by atoms with Crippen molar-refractivity contribution in [3.63, 3.8) is 0 Å². The average Bonchev–Trinajstić information content (AvgIpc) is 2.65. The van der Waals surface area contributed by atoms with E-state index in [1.54, 1.807) is 0 Å². The molecule has 0 saturated heterocycles. The molecular weight excluding hydrogens is 226 g/mol. The molecule has 0 spiro atoms. The number of anilines is 1. The Hall–Kier alpha value is -1.30. The van der Waals surface area contributed by atoms with Crippen LogP contribution in [0.15, 0.2) is 0 Å². The fourth-order valence-corrected chi connectivity index (χ4v) is 2.69. The summed E-state index contributed by atoms with van der Waals surface area (Å²) in [4.78, 5) is 19.0. The van der Waals surface area contributed by atoms with E-state index < -0.39 is 5.97 Å². The van der Waals surface area contributed by atoms with Gasteiger partial charge in [-0.2, -0.15) is 11.8 Å². The summed E-state index contributed by atoms with van der Waals surface area (Å²) < 4.78 is 0. The lowest BCUT2D eigenvalue weighted by molar-refractivity contribution is -0.136. The van der Waals surface area contributed by atoms with Gasteiger partial charge < -0.3 is 10.4 Å². The summed E-state index contributed by atoms with van der Waals surface area (Å²) in [5.41, 5.74) is 3.30. The number of thioether (sulfide) groups is 1. The van der Waals surface area contributed by atoms with E-state index in [4.69, 9.17) is 5.11 Å². The Labute approximate surface area is 97.7 Å². The third kappa shape index (κ3) is 2.44. The molecule has 2 heterocycles. The number of carboxylic acid groups (broad SMARTS) is 1. The molecule has 6 heteroatoms. The molecule has 1 aromatic rings. The lowest BCUT2D eigenvalue weighted by atomic mass is 10.2. The summed E-state index contributed by atoms with van der Waals surface area (Å²) in [5.74, 6) is 1.63. The second-order valence-corrected chi connectivity index (χ2v) is 4.61. The Morgan fingerprint density at radius 1 is 1.50 bits per heavy atom. The summed E-state index contributed by atoms with van der Waals surface area (Å²) in [7, 11) is 0. The van der Waals surface area contributed by atoms with Gasteiger partial charge in [-0.05, 0) is 6.92 Å². The number of hydrogen-bond donors (Lipinski definition) is 2. The van der Waals surface area contributed by atoms with E-state index in [1.165, 1.54) is 5.56 Å². The fourth-order valence-electron chi connectivity index (χ4n) is 1.57. The van der Waals surface area contributed by atoms with Crippen molar-refractivity contribution >= 4 is 23.7 Å². The van der Waals surface area contributed by atoms with E-state index in [0.717, 1.165) is 22.9 Å². The highest BCUT2D eigenvalue weighted by molar-refractivity contribution is 7.98. The third-order valence-corrected chi connectivity index (χ3v) is 3.38. The standard InChI is InChI=1S/C10H13N3O2S/c1-6-7-4-16-5-8(7)13-10(12-6)11-3-2-9(14)15/h2-5H2,1H3,(H,14,15)(H,11,12,13). The van der Waals surface area contributed by atoms with Crippen molar-refractivity contribution in [3.05, 3.63) is 17.0 Å². The molecule has 2 rings (SSSR count). The summed E-state index contributed by atoms with van der Waals surface area (Å²) in [6, 6.07) is 0. The highest BCUT2D eigenvalue weighted by atomic mass is 32.2. The Kier molecular flexibility index (Phi) is 3.28. The summed E-state index contributed by atoms with van der Waals surface area (Å²) in [6.07, 6.45) is 0.0776. The lowest BCUT2D eigenvalue weighted by Crippen LogP contribution is -2.11. The summed E-state index contributed by atoms with van der Waals surface area (Å²) in [5, 5.41) is 11.5. The van der Waals surface area contributed by atoms with Crippen molar-refractivity contribution in [1.82, 2.24) is 9.97 Å². The van der Waals surface area contributed by atoms with Crippen LogP contribution in [0.2, 0.25) is 0 Å². The lowest BCUT2D eigenvalue weighted by Gasteiger charge is -2.07. The molecule has 0 bridgehead atoms. The second kappa shape index (κ2) is 4.69. The molecule has 16 heavy (non-hydrogen) atoms. The van der Waals surface area contributed by atoms with E-state index >= 15 is 0 Å². The van der Waals surface area contributed by atoms with Gasteiger partial charge in [0.25, 0.3) is 0 Å². The summed E-state index contributed by atoms with van der Waals surface area (Å²) >= 11 is 1.83. The quantitative estimate of drug-likeness (QED) is 0.827. The molecule has 0 aliphatic carbocycles. The molecule has 0 atom stereocenters. The first-order chi connectivity index (χ1) is 7.66. The highest BCUT2D eigenvalue weighted by Crippen LogP contribution is 2.30. The maximum Gasteiger partial charge on any atom is 0.305 e. The minimum atomic E-state index is -0.819. The minimum absolute atomic E-state index is 0.0776. The zero-order valence-corrected chi connectivity index (χ0v) is 9.80. The highest BCUT2D eigenvalue weighted by Gasteiger charge is 2.17. The molecule has 0 amide bonds. The zero-order chi connectivity index (χ0) is 11.5. The van der Waals surface area contributed by atoms with Crippen LogP contribution < -0.4 is 5.32 Å². The number of rotatable bonds is 4. The van der Waals surface area contributed by atoms with Gasteiger partial charge in [0.05, 0.1) is 12.1 Å². The number of aromatic nitrogens is 2. The van der Waals surface area contributed by atoms with Crippen molar-refractivity contribution in [2.24, 2.45) is 0 Å². The van der Waals surface area contributed by atoms with Crippen LogP contribution >= 0.6 is 11.8 Å². The molecule has 1 aliphatic rings. The number of hydrogen-bond acceptors (Lipinski definition) is 5. The minimum Gasteiger partial charge on any atom is -0.481 e. The normalized spacial score (nSPS) is 13.6. The number of aryl methyl sites for hydroxylation is 1. The molecular formula is C10H13N3O2S. The van der Waals surface area contributed by atoms with Crippen LogP contribution in [0.4, 0.5) is 5.95 Å². The van der Waals surface area contributed by atoms with Crippen molar-refractivity contribution in [1.29, 1.82) is 0 Å². The molecule has 0 unspecified atom stereocenters. The fraction of sp³-hybridized carbons (Fsp3) is 0.500. The van der Waals surface area contributed by atoms with Gasteiger partial charge in [-0.15, -0.1) is 0 Å². The molecule has 1 aliphatic heterocycles. The number of carbonyl (C=O) groups is 1. The first kappa shape index (κ1) is 11.2. The van der Waals surface area contributed by atoms with Crippen LogP contribution in [0.5, 0.6) is 0 Å². The van der Waals surface area contributed by atoms with Crippen LogP contribution in [-0.2, 0) is 16.3 Å². The maximum absolute atomic E-state index is 10.4. The zero-order valence-electron chi connectivity index (χ0n) is 8.99. The van der Waals surface area contributed by atoms with Crippen molar-refractivity contribution in [3.8, 4) is 0 Å². The SMILES string of the molecule is Cc1nc(NCCC(=O)O)nc2c1CSC2. The molecule has 0 aromatic carbocycles. The molecule has 5 nitrogen and oxygen atoms in total. The molecule has 1 aromatic heterocycles. The van der Waals surface area contributed by atoms with Crippen LogP contribution in [0.3, 0.4) is 0 Å². The first-order valence-corrected chi connectivity index (χ1v) is 6.22. The van der Waals surface area contributed by atoms with Gasteiger partial charge in [0, 0.05) is 29.3 Å². The predicted octanol–water partition coefficient (Wildman–Crippen LogP) is 1.42. The topological polar surface area (TPSA) is 75.1 Å². The van der Waals surface area contributed by atoms with Gasteiger partial charge in [-0.1, -0.05) is 0 Å². The van der Waals surface area contributed by atoms with Crippen molar-refractivity contribution in [2.75, 3.05) is 11.9 Å². The van der Waals surface area contributed by atoms with Gasteiger partial charge in [-0.3, -0.25) is 4.79 Å². The molecule has 0 fully saturated rings. The Morgan fingerprint density at radius 2 is 2.31 bits per heavy atom. The van der Waals surface area contributed by atoms with Crippen molar-refractivity contribution in [2.45, 2.75) is 24.9 Å². The van der Waals surface area contributed by atoms with Crippen molar-refractivity contribution < 1.29 is 9.90 Å². The molecule has 0 saturated carbocycles. The molecule has 0 radical (unpaired) electrons. The van der Waals surface area contributed by atoms with Gasteiger partial charge in [0.1, 0.15) is 0 Å². The van der Waals surface area contributed by atoms with Crippen LogP contribution in [-0.4, -0.2) is 27.6 Å². The third-order valence-electron chi connectivity index (χ3n) is 2.41. The smallest absolute Gasteiger partial charge is 0.305 e. The van der Waals surface area contributed by atoms with E-state index in [2.05, 4.69) is 15.3 Å². The number of nitrogens with zero attached hydrogens (tertiary/aromatic N) is 2. The second-order valence-electron chi connectivity index (χ2n) is 3.62. The van der Waals surface area contributed by atoms with E-state index in [-0.39, 0.29) is 6.42 Å². The Balaban J connectivity index is 2.05. The average molecular weight is 239 g/mol. The number of aliphatic carboxylic acids is 1. The van der Waals surface area contributed by atoms with Crippen LogP contribution in [0, 0.1) is 6.92 Å². The maximum atomic E-state index is 10.4. The largest absolute Gasteiger partial charge is 0.481 e. The molecule has 86 valence electrons. The van der Waals surface area contributed by atoms with Crippen LogP contribution in [0.25, 0.3) is 0 Å². The number of nitrogens with one attached hydrogen (secondary N) is 1.